The molecule has 0 atom stereocenters. The van der Waals surface area contributed by atoms with Gasteiger partial charge in [0.1, 0.15) is 6.29 Å². The second kappa shape index (κ2) is 5.08. The van der Waals surface area contributed by atoms with Crippen molar-refractivity contribution in [1.29, 1.82) is 0 Å². The maximum absolute atomic E-state index is 10.3. The van der Waals surface area contributed by atoms with Gasteiger partial charge in [-0.05, 0) is 17.8 Å². The molecule has 4 nitrogen and oxygen atoms in total. The second-order valence-electron chi connectivity index (χ2n) is 2.52. The Morgan fingerprint density at radius 3 is 2.43 bits per heavy atom. The lowest BCUT2D eigenvalue weighted by molar-refractivity contribution is 0.112. The first-order valence-corrected chi connectivity index (χ1v) is 4.27. The molecule has 5 heteroatoms. The Bertz CT molecular complexity index is 359. The first kappa shape index (κ1) is 10.3. The Hall–Kier alpha value is -1.75. The summed E-state index contributed by atoms with van der Waals surface area (Å²) >= 11 is 4.56. The number of nitrogens with zero attached hydrogens (tertiary/aromatic N) is 1. The summed E-state index contributed by atoms with van der Waals surface area (Å²) in [7, 11) is 0. The molecule has 1 aromatic carbocycles. The maximum Gasteiger partial charge on any atom is 0.184 e. The molecule has 0 amide bonds. The van der Waals surface area contributed by atoms with Crippen LogP contribution in [0.25, 0.3) is 0 Å². The van der Waals surface area contributed by atoms with E-state index >= 15 is 0 Å². The van der Waals surface area contributed by atoms with E-state index in [0.29, 0.717) is 5.56 Å². The van der Waals surface area contributed by atoms with Gasteiger partial charge in [-0.15, -0.1) is 0 Å². The van der Waals surface area contributed by atoms with E-state index in [1.165, 1.54) is 0 Å². The third-order valence-electron chi connectivity index (χ3n) is 1.46. The highest BCUT2D eigenvalue weighted by molar-refractivity contribution is 7.80. The number of carbonyl (C=O) groups is 1. The molecular weight excluding hydrogens is 198 g/mol. The standard InChI is InChI=1S/C9H9N3OS/c10-9(14)12-11-5-7-1-3-8(6-13)4-2-7/h1-6H,(H3,10,12,14)/b11-5+. The predicted molar refractivity (Wildman–Crippen MR) is 59.3 cm³/mol. The van der Waals surface area contributed by atoms with E-state index in [2.05, 4.69) is 22.7 Å². The number of carbonyl (C=O) groups excluding carboxylic acids is 1. The van der Waals surface area contributed by atoms with Crippen molar-refractivity contribution in [3.05, 3.63) is 35.4 Å². The number of hydrogen-bond acceptors (Lipinski definition) is 3. The molecule has 0 saturated carbocycles. The fourth-order valence-corrected chi connectivity index (χ4v) is 0.884. The van der Waals surface area contributed by atoms with Gasteiger partial charge >= 0.3 is 0 Å². The minimum absolute atomic E-state index is 0.116. The lowest BCUT2D eigenvalue weighted by Crippen LogP contribution is -2.23. The zero-order valence-electron chi connectivity index (χ0n) is 7.31. The number of hydrogen-bond donors (Lipinski definition) is 2. The monoisotopic (exact) mass is 207 g/mol. The number of aldehydes is 1. The van der Waals surface area contributed by atoms with Crippen molar-refractivity contribution in [2.75, 3.05) is 0 Å². The molecule has 0 saturated heterocycles. The topological polar surface area (TPSA) is 67.5 Å². The molecule has 1 rings (SSSR count). The quantitative estimate of drug-likeness (QED) is 0.331. The van der Waals surface area contributed by atoms with E-state index in [4.69, 9.17) is 5.73 Å². The van der Waals surface area contributed by atoms with Crippen LogP contribution in [0.15, 0.2) is 29.4 Å². The van der Waals surface area contributed by atoms with Gasteiger partial charge in [0.05, 0.1) is 6.21 Å². The highest BCUT2D eigenvalue weighted by atomic mass is 32.1. The van der Waals surface area contributed by atoms with Crippen molar-refractivity contribution in [2.24, 2.45) is 10.8 Å². The largest absolute Gasteiger partial charge is 0.375 e. The Labute approximate surface area is 86.8 Å². The third kappa shape index (κ3) is 3.32. The third-order valence-corrected chi connectivity index (χ3v) is 1.55. The van der Waals surface area contributed by atoms with Gasteiger partial charge in [0.25, 0.3) is 0 Å². The van der Waals surface area contributed by atoms with E-state index in [-0.39, 0.29) is 5.11 Å². The van der Waals surface area contributed by atoms with Crippen molar-refractivity contribution >= 4 is 29.8 Å². The molecule has 0 aliphatic heterocycles. The van der Waals surface area contributed by atoms with E-state index in [1.807, 2.05) is 0 Å². The Kier molecular flexibility index (Phi) is 3.75. The van der Waals surface area contributed by atoms with Crippen molar-refractivity contribution in [2.45, 2.75) is 0 Å². The van der Waals surface area contributed by atoms with Crippen molar-refractivity contribution < 1.29 is 4.79 Å². The molecule has 1 aromatic rings. The van der Waals surface area contributed by atoms with Crippen LogP contribution in [0.2, 0.25) is 0 Å². The minimum atomic E-state index is 0.116. The van der Waals surface area contributed by atoms with Gasteiger partial charge in [0.2, 0.25) is 0 Å². The van der Waals surface area contributed by atoms with E-state index in [0.717, 1.165) is 11.8 Å². The summed E-state index contributed by atoms with van der Waals surface area (Å²) in [4.78, 5) is 10.3. The zero-order chi connectivity index (χ0) is 10.4. The lowest BCUT2D eigenvalue weighted by Gasteiger charge is -1.95. The van der Waals surface area contributed by atoms with Crippen molar-refractivity contribution in [1.82, 2.24) is 5.43 Å². The Morgan fingerprint density at radius 1 is 1.36 bits per heavy atom. The number of rotatable bonds is 3. The first-order valence-electron chi connectivity index (χ1n) is 3.86. The van der Waals surface area contributed by atoms with Crippen LogP contribution < -0.4 is 11.2 Å². The molecule has 0 aliphatic rings. The minimum Gasteiger partial charge on any atom is -0.375 e. The average Bonchev–Trinajstić information content (AvgIpc) is 2.18. The predicted octanol–water partition coefficient (Wildman–Crippen LogP) is 0.666. The Balaban J connectivity index is 2.63. The van der Waals surface area contributed by atoms with Gasteiger partial charge in [-0.3, -0.25) is 10.2 Å². The van der Waals surface area contributed by atoms with Gasteiger partial charge in [-0.2, -0.15) is 5.10 Å². The van der Waals surface area contributed by atoms with Gasteiger partial charge in [0, 0.05) is 5.56 Å². The summed E-state index contributed by atoms with van der Waals surface area (Å²) in [5, 5.41) is 3.88. The van der Waals surface area contributed by atoms with Crippen LogP contribution in [-0.4, -0.2) is 17.6 Å². The number of nitrogens with one attached hydrogen (secondary N) is 1. The highest BCUT2D eigenvalue weighted by Gasteiger charge is 1.89. The van der Waals surface area contributed by atoms with Crippen LogP contribution >= 0.6 is 12.2 Å². The van der Waals surface area contributed by atoms with Crippen LogP contribution in [0.4, 0.5) is 0 Å². The molecule has 0 heterocycles. The molecule has 14 heavy (non-hydrogen) atoms. The maximum atomic E-state index is 10.3. The van der Waals surface area contributed by atoms with Gasteiger partial charge in [0.15, 0.2) is 5.11 Å². The highest BCUT2D eigenvalue weighted by Crippen LogP contribution is 1.99. The van der Waals surface area contributed by atoms with Crippen LogP contribution in [-0.2, 0) is 0 Å². The van der Waals surface area contributed by atoms with E-state index in [9.17, 15) is 4.79 Å². The van der Waals surface area contributed by atoms with Crippen LogP contribution in [0.1, 0.15) is 15.9 Å². The normalized spacial score (nSPS) is 10.0. The lowest BCUT2D eigenvalue weighted by atomic mass is 10.2. The number of thiocarbonyl (C=S) groups is 1. The summed E-state index contributed by atoms with van der Waals surface area (Å²) in [6.07, 6.45) is 2.35. The first-order chi connectivity index (χ1) is 6.72. The smallest absolute Gasteiger partial charge is 0.184 e. The molecule has 0 spiro atoms. The fraction of sp³-hybridized carbons (Fsp3) is 0. The molecule has 72 valence electrons. The van der Waals surface area contributed by atoms with Crippen LogP contribution in [0.5, 0.6) is 0 Å². The molecule has 0 aliphatic carbocycles. The van der Waals surface area contributed by atoms with Gasteiger partial charge in [-0.1, -0.05) is 24.3 Å². The second-order valence-corrected chi connectivity index (χ2v) is 2.96. The van der Waals surface area contributed by atoms with Crippen molar-refractivity contribution in [3.63, 3.8) is 0 Å². The molecule has 3 N–H and O–H groups in total. The fourth-order valence-electron chi connectivity index (χ4n) is 0.831. The molecule has 0 aromatic heterocycles. The summed E-state index contributed by atoms with van der Waals surface area (Å²) in [6, 6.07) is 6.95. The van der Waals surface area contributed by atoms with Gasteiger partial charge < -0.3 is 5.73 Å². The number of hydrazone groups is 1. The number of nitrogens with two attached hydrogens (primary N) is 1. The molecular formula is C9H9N3OS. The summed E-state index contributed by atoms with van der Waals surface area (Å²) in [5.74, 6) is 0. The Morgan fingerprint density at radius 2 is 1.93 bits per heavy atom. The molecule has 0 unspecified atom stereocenters. The molecule has 0 bridgehead atoms. The van der Waals surface area contributed by atoms with Crippen molar-refractivity contribution in [3.8, 4) is 0 Å². The van der Waals surface area contributed by atoms with Gasteiger partial charge in [-0.25, -0.2) is 0 Å². The van der Waals surface area contributed by atoms with Crippen LogP contribution in [0, 0.1) is 0 Å². The van der Waals surface area contributed by atoms with E-state index in [1.54, 1.807) is 30.5 Å². The summed E-state index contributed by atoms with van der Waals surface area (Å²) in [6.45, 7) is 0. The molecule has 0 fully saturated rings. The average molecular weight is 207 g/mol. The summed E-state index contributed by atoms with van der Waals surface area (Å²) < 4.78 is 0. The summed E-state index contributed by atoms with van der Waals surface area (Å²) in [5.41, 5.74) is 9.08. The number of benzene rings is 1. The van der Waals surface area contributed by atoms with E-state index < -0.39 is 0 Å². The SMILES string of the molecule is NC(=S)N/N=C/c1ccc(C=O)cc1. The molecule has 0 radical (unpaired) electrons. The zero-order valence-corrected chi connectivity index (χ0v) is 8.12. The van der Waals surface area contributed by atoms with Crippen LogP contribution in [0.3, 0.4) is 0 Å².